The van der Waals surface area contributed by atoms with Gasteiger partial charge in [-0.3, -0.25) is 5.32 Å². The Morgan fingerprint density at radius 2 is 1.47 bits per heavy atom. The van der Waals surface area contributed by atoms with E-state index in [1.54, 1.807) is 0 Å². The fourth-order valence-electron chi connectivity index (χ4n) is 2.28. The fraction of sp³-hybridized carbons (Fsp3) is 0.588. The molecule has 2 nitrogen and oxygen atoms in total. The van der Waals surface area contributed by atoms with E-state index in [1.807, 2.05) is 18.3 Å². The first-order valence-electron chi connectivity index (χ1n) is 7.61. The summed E-state index contributed by atoms with van der Waals surface area (Å²) >= 11 is 0. The lowest BCUT2D eigenvalue weighted by Crippen LogP contribution is -1.89. The first-order chi connectivity index (χ1) is 9.36. The zero-order valence-electron chi connectivity index (χ0n) is 12.1. The van der Waals surface area contributed by atoms with Crippen LogP contribution in [0, 0.1) is 11.5 Å². The molecule has 0 aliphatic rings. The van der Waals surface area contributed by atoms with Gasteiger partial charge in [0.2, 0.25) is 0 Å². The number of nitrogens with zero attached hydrogens (tertiary/aromatic N) is 1. The normalized spacial score (nSPS) is 10.1. The Hall–Kier alpha value is -1.49. The van der Waals surface area contributed by atoms with Crippen LogP contribution in [0.5, 0.6) is 0 Å². The van der Waals surface area contributed by atoms with Gasteiger partial charge in [0.05, 0.1) is 0 Å². The highest BCUT2D eigenvalue weighted by atomic mass is 14.9. The Morgan fingerprint density at radius 1 is 0.895 bits per heavy atom. The molecule has 2 heteroatoms. The summed E-state index contributed by atoms with van der Waals surface area (Å²) in [5.41, 5.74) is 2.25. The highest BCUT2D eigenvalue weighted by Crippen LogP contribution is 2.13. The summed E-state index contributed by atoms with van der Waals surface area (Å²) in [6.07, 6.45) is 14.0. The number of nitriles is 1. The molecule has 0 radical (unpaired) electrons. The summed E-state index contributed by atoms with van der Waals surface area (Å²) in [6, 6.07) is 8.18. The Bertz CT molecular complexity index is 362. The summed E-state index contributed by atoms with van der Waals surface area (Å²) in [4.78, 5) is 0. The van der Waals surface area contributed by atoms with Crippen LogP contribution in [0.2, 0.25) is 0 Å². The van der Waals surface area contributed by atoms with Crippen LogP contribution in [0.25, 0.3) is 0 Å². The van der Waals surface area contributed by atoms with Crippen molar-refractivity contribution in [3.8, 4) is 6.19 Å². The molecule has 0 heterocycles. The van der Waals surface area contributed by atoms with Gasteiger partial charge in [0.15, 0.2) is 6.19 Å². The zero-order valence-corrected chi connectivity index (χ0v) is 12.1. The van der Waals surface area contributed by atoms with Gasteiger partial charge in [-0.1, -0.05) is 64.0 Å². The number of anilines is 1. The molecule has 19 heavy (non-hydrogen) atoms. The predicted molar refractivity (Wildman–Crippen MR) is 82.0 cm³/mol. The summed E-state index contributed by atoms with van der Waals surface area (Å²) in [5.74, 6) is 0. The average molecular weight is 258 g/mol. The molecule has 0 bridgehead atoms. The summed E-state index contributed by atoms with van der Waals surface area (Å²) < 4.78 is 0. The van der Waals surface area contributed by atoms with E-state index in [0.29, 0.717) is 0 Å². The maximum atomic E-state index is 8.51. The van der Waals surface area contributed by atoms with Crippen LogP contribution < -0.4 is 5.32 Å². The maximum Gasteiger partial charge on any atom is 0.181 e. The van der Waals surface area contributed by atoms with Crippen LogP contribution in [-0.2, 0) is 6.42 Å². The smallest absolute Gasteiger partial charge is 0.181 e. The minimum absolute atomic E-state index is 0.877. The minimum Gasteiger partial charge on any atom is -0.293 e. The van der Waals surface area contributed by atoms with E-state index >= 15 is 0 Å². The van der Waals surface area contributed by atoms with E-state index in [4.69, 9.17) is 5.26 Å². The molecule has 0 spiro atoms. The van der Waals surface area contributed by atoms with Gasteiger partial charge >= 0.3 is 0 Å². The first kappa shape index (κ1) is 15.6. The minimum atomic E-state index is 0.877. The Kier molecular flexibility index (Phi) is 8.55. The van der Waals surface area contributed by atoms with E-state index in [1.165, 1.54) is 56.9 Å². The van der Waals surface area contributed by atoms with Crippen LogP contribution in [0.15, 0.2) is 24.3 Å². The number of hydrogen-bond donors (Lipinski definition) is 1. The Labute approximate surface area is 117 Å². The fourth-order valence-corrected chi connectivity index (χ4v) is 2.28. The molecule has 0 amide bonds. The molecule has 1 aromatic carbocycles. The highest BCUT2D eigenvalue weighted by molar-refractivity contribution is 5.47. The van der Waals surface area contributed by atoms with E-state index in [0.717, 1.165) is 12.1 Å². The molecule has 104 valence electrons. The van der Waals surface area contributed by atoms with Crippen molar-refractivity contribution in [2.24, 2.45) is 0 Å². The summed E-state index contributed by atoms with van der Waals surface area (Å²) in [5, 5.41) is 11.1. The van der Waals surface area contributed by atoms with Crippen molar-refractivity contribution in [1.29, 1.82) is 5.26 Å². The van der Waals surface area contributed by atoms with Gasteiger partial charge in [-0.05, 0) is 30.5 Å². The molecule has 0 fully saturated rings. The Morgan fingerprint density at radius 3 is 2.05 bits per heavy atom. The second kappa shape index (κ2) is 10.4. The number of nitrogens with one attached hydrogen (secondary N) is 1. The predicted octanol–water partition coefficient (Wildman–Crippen LogP) is 5.26. The van der Waals surface area contributed by atoms with Crippen LogP contribution >= 0.6 is 0 Å². The van der Waals surface area contributed by atoms with Gasteiger partial charge in [-0.2, -0.15) is 5.26 Å². The number of benzene rings is 1. The lowest BCUT2D eigenvalue weighted by molar-refractivity contribution is 0.575. The van der Waals surface area contributed by atoms with Crippen molar-refractivity contribution in [2.75, 3.05) is 5.32 Å². The first-order valence-corrected chi connectivity index (χ1v) is 7.61. The SMILES string of the molecule is CCCCCCCCCCc1ccc(NC#N)cc1. The van der Waals surface area contributed by atoms with E-state index in [-0.39, 0.29) is 0 Å². The molecule has 1 aromatic rings. The molecule has 0 aliphatic heterocycles. The number of aryl methyl sites for hydroxylation is 1. The third kappa shape index (κ3) is 7.51. The monoisotopic (exact) mass is 258 g/mol. The van der Waals surface area contributed by atoms with Gasteiger partial charge in [-0.25, -0.2) is 0 Å². The standard InChI is InChI=1S/C17H26N2/c1-2-3-4-5-6-7-8-9-10-16-11-13-17(14-12-16)19-15-18/h11-14,19H,2-10H2,1H3. The second-order valence-corrected chi connectivity index (χ2v) is 5.16. The van der Waals surface area contributed by atoms with Crippen LogP contribution in [0.3, 0.4) is 0 Å². The number of rotatable bonds is 10. The van der Waals surface area contributed by atoms with Crippen molar-refractivity contribution in [2.45, 2.75) is 64.7 Å². The third-order valence-electron chi connectivity index (χ3n) is 3.47. The largest absolute Gasteiger partial charge is 0.293 e. The average Bonchev–Trinajstić information content (AvgIpc) is 2.44. The van der Waals surface area contributed by atoms with Crippen molar-refractivity contribution < 1.29 is 0 Å². The van der Waals surface area contributed by atoms with Gasteiger partial charge < -0.3 is 0 Å². The molecular weight excluding hydrogens is 232 g/mol. The van der Waals surface area contributed by atoms with Crippen molar-refractivity contribution in [3.05, 3.63) is 29.8 Å². The summed E-state index contributed by atoms with van der Waals surface area (Å²) in [6.45, 7) is 2.26. The topological polar surface area (TPSA) is 35.8 Å². The molecule has 1 rings (SSSR count). The molecule has 0 saturated heterocycles. The van der Waals surface area contributed by atoms with Gasteiger partial charge in [-0.15, -0.1) is 0 Å². The molecule has 0 aromatic heterocycles. The third-order valence-corrected chi connectivity index (χ3v) is 3.47. The van der Waals surface area contributed by atoms with Crippen molar-refractivity contribution in [3.63, 3.8) is 0 Å². The van der Waals surface area contributed by atoms with Crippen LogP contribution in [-0.4, -0.2) is 0 Å². The van der Waals surface area contributed by atoms with Crippen LogP contribution in [0.1, 0.15) is 63.9 Å². The van der Waals surface area contributed by atoms with E-state index < -0.39 is 0 Å². The number of hydrogen-bond acceptors (Lipinski definition) is 2. The van der Waals surface area contributed by atoms with E-state index in [2.05, 4.69) is 24.4 Å². The molecule has 0 saturated carbocycles. The quantitative estimate of drug-likeness (QED) is 0.353. The van der Waals surface area contributed by atoms with Gasteiger partial charge in [0.1, 0.15) is 0 Å². The number of unbranched alkanes of at least 4 members (excludes halogenated alkanes) is 7. The van der Waals surface area contributed by atoms with Crippen molar-refractivity contribution in [1.82, 2.24) is 0 Å². The zero-order chi connectivity index (χ0) is 13.8. The lowest BCUT2D eigenvalue weighted by Gasteiger charge is -2.03. The van der Waals surface area contributed by atoms with Gasteiger partial charge in [0.25, 0.3) is 0 Å². The molecule has 1 N–H and O–H groups in total. The highest BCUT2D eigenvalue weighted by Gasteiger charge is 1.95. The molecular formula is C17H26N2. The second-order valence-electron chi connectivity index (χ2n) is 5.16. The van der Waals surface area contributed by atoms with E-state index in [9.17, 15) is 0 Å². The summed E-state index contributed by atoms with van der Waals surface area (Å²) in [7, 11) is 0. The molecule has 0 atom stereocenters. The van der Waals surface area contributed by atoms with Crippen molar-refractivity contribution >= 4 is 5.69 Å². The Balaban J connectivity index is 2.04. The van der Waals surface area contributed by atoms with Gasteiger partial charge in [0, 0.05) is 5.69 Å². The molecule has 0 aliphatic carbocycles. The lowest BCUT2D eigenvalue weighted by atomic mass is 10.0. The molecule has 0 unspecified atom stereocenters. The van der Waals surface area contributed by atoms with Crippen LogP contribution in [0.4, 0.5) is 5.69 Å². The maximum absolute atomic E-state index is 8.51.